The zero-order valence-electron chi connectivity index (χ0n) is 15.9. The molecule has 0 N–H and O–H groups in total. The quantitative estimate of drug-likeness (QED) is 0.635. The van der Waals surface area contributed by atoms with Crippen LogP contribution >= 0.6 is 11.6 Å². The fourth-order valence-corrected chi connectivity index (χ4v) is 3.52. The molecule has 0 spiro atoms. The van der Waals surface area contributed by atoms with Crippen molar-refractivity contribution in [3.63, 3.8) is 0 Å². The SMILES string of the molecule is CCN(C(=O)c1ccccc1F)C(C)c1nc2cc(Cl)ccc2c(=O)n1CC. The van der Waals surface area contributed by atoms with Gasteiger partial charge in [-0.2, -0.15) is 0 Å². The second kappa shape index (κ2) is 8.10. The minimum absolute atomic E-state index is 0.00886. The summed E-state index contributed by atoms with van der Waals surface area (Å²) in [4.78, 5) is 32.0. The predicted octanol–water partition coefficient (Wildman–Crippen LogP) is 4.43. The number of carbonyl (C=O) groups excluding carboxylic acids is 1. The lowest BCUT2D eigenvalue weighted by atomic mass is 10.1. The molecular formula is C21H21ClFN3O2. The number of carbonyl (C=O) groups is 1. The number of aromatic nitrogens is 2. The smallest absolute Gasteiger partial charge is 0.261 e. The topological polar surface area (TPSA) is 55.2 Å². The van der Waals surface area contributed by atoms with Crippen molar-refractivity contribution in [3.05, 3.63) is 75.0 Å². The molecule has 0 aliphatic carbocycles. The first-order valence-corrected chi connectivity index (χ1v) is 9.52. The molecule has 3 aromatic rings. The monoisotopic (exact) mass is 401 g/mol. The van der Waals surface area contributed by atoms with Gasteiger partial charge in [-0.15, -0.1) is 0 Å². The van der Waals surface area contributed by atoms with Crippen molar-refractivity contribution in [2.24, 2.45) is 0 Å². The summed E-state index contributed by atoms with van der Waals surface area (Å²) >= 11 is 6.06. The number of fused-ring (bicyclic) bond motifs is 1. The number of hydrogen-bond acceptors (Lipinski definition) is 3. The Balaban J connectivity index is 2.13. The average molecular weight is 402 g/mol. The first-order valence-electron chi connectivity index (χ1n) is 9.14. The van der Waals surface area contributed by atoms with E-state index in [9.17, 15) is 14.0 Å². The van der Waals surface area contributed by atoms with Crippen molar-refractivity contribution in [1.29, 1.82) is 0 Å². The average Bonchev–Trinajstić information content (AvgIpc) is 2.68. The van der Waals surface area contributed by atoms with Crippen LogP contribution in [0.4, 0.5) is 4.39 Å². The fourth-order valence-electron chi connectivity index (χ4n) is 3.36. The zero-order valence-corrected chi connectivity index (χ0v) is 16.7. The maximum atomic E-state index is 14.1. The highest BCUT2D eigenvalue weighted by molar-refractivity contribution is 6.31. The molecule has 0 aliphatic rings. The Bertz CT molecular complexity index is 1100. The van der Waals surface area contributed by atoms with Gasteiger partial charge in [-0.25, -0.2) is 9.37 Å². The molecule has 1 atom stereocenters. The molecule has 1 aromatic heterocycles. The Morgan fingerprint density at radius 3 is 2.61 bits per heavy atom. The highest BCUT2D eigenvalue weighted by Crippen LogP contribution is 2.24. The van der Waals surface area contributed by atoms with Gasteiger partial charge in [0.2, 0.25) is 0 Å². The lowest BCUT2D eigenvalue weighted by Gasteiger charge is -2.29. The van der Waals surface area contributed by atoms with Crippen LogP contribution in [0.2, 0.25) is 5.02 Å². The molecule has 146 valence electrons. The van der Waals surface area contributed by atoms with Crippen molar-refractivity contribution in [2.45, 2.75) is 33.4 Å². The van der Waals surface area contributed by atoms with E-state index in [2.05, 4.69) is 4.98 Å². The number of amides is 1. The lowest BCUT2D eigenvalue weighted by molar-refractivity contribution is 0.0686. The molecule has 0 bridgehead atoms. The van der Waals surface area contributed by atoms with Crippen molar-refractivity contribution in [2.75, 3.05) is 6.54 Å². The normalized spacial score (nSPS) is 12.2. The summed E-state index contributed by atoms with van der Waals surface area (Å²) in [7, 11) is 0. The molecule has 5 nitrogen and oxygen atoms in total. The van der Waals surface area contributed by atoms with Crippen molar-refractivity contribution < 1.29 is 9.18 Å². The molecule has 1 heterocycles. The maximum absolute atomic E-state index is 14.1. The summed E-state index contributed by atoms with van der Waals surface area (Å²) in [6.45, 7) is 6.17. The lowest BCUT2D eigenvalue weighted by Crippen LogP contribution is -2.38. The van der Waals surface area contributed by atoms with E-state index in [0.29, 0.717) is 34.8 Å². The van der Waals surface area contributed by atoms with Gasteiger partial charge in [0.05, 0.1) is 22.5 Å². The molecule has 2 aromatic carbocycles. The third kappa shape index (κ3) is 3.52. The Kier molecular flexibility index (Phi) is 5.79. The van der Waals surface area contributed by atoms with Gasteiger partial charge in [-0.3, -0.25) is 14.2 Å². The summed E-state index contributed by atoms with van der Waals surface area (Å²) in [5.74, 6) is -0.589. The third-order valence-corrected chi connectivity index (χ3v) is 5.05. The minimum atomic E-state index is -0.579. The van der Waals surface area contributed by atoms with E-state index in [0.717, 1.165) is 0 Å². The summed E-state index contributed by atoms with van der Waals surface area (Å²) in [6, 6.07) is 10.3. The Morgan fingerprint density at radius 1 is 1.25 bits per heavy atom. The van der Waals surface area contributed by atoms with Crippen LogP contribution in [0.15, 0.2) is 47.3 Å². The highest BCUT2D eigenvalue weighted by Gasteiger charge is 2.27. The van der Waals surface area contributed by atoms with E-state index in [1.165, 1.54) is 27.7 Å². The molecule has 28 heavy (non-hydrogen) atoms. The third-order valence-electron chi connectivity index (χ3n) is 4.81. The maximum Gasteiger partial charge on any atom is 0.261 e. The van der Waals surface area contributed by atoms with E-state index in [1.54, 1.807) is 31.2 Å². The van der Waals surface area contributed by atoms with Gasteiger partial charge in [0, 0.05) is 18.1 Å². The summed E-state index contributed by atoms with van der Waals surface area (Å²) in [6.07, 6.45) is 0. The van der Waals surface area contributed by atoms with Gasteiger partial charge < -0.3 is 4.90 Å². The molecule has 0 saturated carbocycles. The molecule has 1 amide bonds. The minimum Gasteiger partial charge on any atom is -0.329 e. The molecule has 1 unspecified atom stereocenters. The second-order valence-corrected chi connectivity index (χ2v) is 6.86. The Labute approximate surface area is 167 Å². The van der Waals surface area contributed by atoms with Gasteiger partial charge in [0.25, 0.3) is 11.5 Å². The van der Waals surface area contributed by atoms with Crippen LogP contribution in [0.1, 0.15) is 43.0 Å². The zero-order chi connectivity index (χ0) is 20.4. The van der Waals surface area contributed by atoms with Crippen LogP contribution in [-0.2, 0) is 6.54 Å². The van der Waals surface area contributed by atoms with Crippen LogP contribution in [0.25, 0.3) is 10.9 Å². The van der Waals surface area contributed by atoms with E-state index in [1.807, 2.05) is 13.8 Å². The fraction of sp³-hybridized carbons (Fsp3) is 0.286. The van der Waals surface area contributed by atoms with Crippen LogP contribution in [-0.4, -0.2) is 26.9 Å². The van der Waals surface area contributed by atoms with E-state index < -0.39 is 17.8 Å². The van der Waals surface area contributed by atoms with Gasteiger partial charge in [0.15, 0.2) is 0 Å². The van der Waals surface area contributed by atoms with Crippen LogP contribution < -0.4 is 5.56 Å². The van der Waals surface area contributed by atoms with Crippen molar-refractivity contribution >= 4 is 28.4 Å². The van der Waals surface area contributed by atoms with Gasteiger partial charge >= 0.3 is 0 Å². The predicted molar refractivity (Wildman–Crippen MR) is 108 cm³/mol. The van der Waals surface area contributed by atoms with E-state index in [4.69, 9.17) is 11.6 Å². The number of nitrogens with zero attached hydrogens (tertiary/aromatic N) is 3. The van der Waals surface area contributed by atoms with Crippen LogP contribution in [0.3, 0.4) is 0 Å². The largest absolute Gasteiger partial charge is 0.329 e. The molecule has 7 heteroatoms. The van der Waals surface area contributed by atoms with Gasteiger partial charge in [-0.1, -0.05) is 23.7 Å². The highest BCUT2D eigenvalue weighted by atomic mass is 35.5. The molecule has 0 aliphatic heterocycles. The number of hydrogen-bond donors (Lipinski definition) is 0. The van der Waals surface area contributed by atoms with Gasteiger partial charge in [0.1, 0.15) is 11.6 Å². The van der Waals surface area contributed by atoms with Crippen LogP contribution in [0.5, 0.6) is 0 Å². The summed E-state index contributed by atoms with van der Waals surface area (Å²) in [5, 5.41) is 0.938. The molecule has 0 saturated heterocycles. The molecule has 3 rings (SSSR count). The molecular weight excluding hydrogens is 381 g/mol. The standard InChI is InChI=1S/C21H21ClFN3O2/c1-4-25(20(27)15-8-6-7-9-17(15)23)13(3)19-24-18-12-14(22)10-11-16(18)21(28)26(19)5-2/h6-13H,4-5H2,1-3H3. The summed E-state index contributed by atoms with van der Waals surface area (Å²) < 4.78 is 15.7. The first kappa shape index (κ1) is 20.0. The van der Waals surface area contributed by atoms with E-state index in [-0.39, 0.29) is 11.1 Å². The van der Waals surface area contributed by atoms with Gasteiger partial charge in [-0.05, 0) is 51.1 Å². The second-order valence-electron chi connectivity index (χ2n) is 6.43. The number of rotatable bonds is 5. The Hall–Kier alpha value is -2.73. The number of benzene rings is 2. The Morgan fingerprint density at radius 2 is 1.96 bits per heavy atom. The van der Waals surface area contributed by atoms with Crippen molar-refractivity contribution in [1.82, 2.24) is 14.5 Å². The molecule has 0 fully saturated rings. The number of halogens is 2. The summed E-state index contributed by atoms with van der Waals surface area (Å²) in [5.41, 5.74) is 0.268. The molecule has 0 radical (unpaired) electrons. The van der Waals surface area contributed by atoms with Crippen LogP contribution in [0, 0.1) is 5.82 Å². The van der Waals surface area contributed by atoms with E-state index >= 15 is 0 Å². The first-order chi connectivity index (χ1) is 13.4. The van der Waals surface area contributed by atoms with Crippen molar-refractivity contribution in [3.8, 4) is 0 Å².